The lowest BCUT2D eigenvalue weighted by Crippen LogP contribution is -2.26. The first-order chi connectivity index (χ1) is 7.06. The maximum Gasteiger partial charge on any atom is 0.254 e. The van der Waals surface area contributed by atoms with Crippen molar-refractivity contribution in [1.29, 1.82) is 0 Å². The van der Waals surface area contributed by atoms with Gasteiger partial charge in [-0.15, -0.1) is 6.42 Å². The van der Waals surface area contributed by atoms with Gasteiger partial charge < -0.3 is 15.1 Å². The van der Waals surface area contributed by atoms with Crippen LogP contribution in [0, 0.1) is 12.3 Å². The zero-order chi connectivity index (χ0) is 11.4. The molecule has 1 aromatic carbocycles. The molecule has 2 N–H and O–H groups in total. The molecule has 0 aliphatic carbocycles. The van der Waals surface area contributed by atoms with Crippen molar-refractivity contribution >= 4 is 5.91 Å². The first-order valence-corrected chi connectivity index (χ1v) is 4.27. The number of hydrogen-bond donors (Lipinski definition) is 2. The topological polar surface area (TPSA) is 60.8 Å². The maximum absolute atomic E-state index is 11.6. The third kappa shape index (κ3) is 2.41. The number of carbonyl (C=O) groups excluding carboxylic acids is 1. The van der Waals surface area contributed by atoms with Crippen LogP contribution < -0.4 is 0 Å². The number of phenolic OH excluding ortho intramolecular Hbond substituents is 2. The fourth-order valence-corrected chi connectivity index (χ4v) is 1.09. The second-order valence-corrected chi connectivity index (χ2v) is 3.07. The standard InChI is InChI=1S/C11H11NO3/c1-3-6-12(2)11(15)8-4-5-9(13)10(14)7-8/h1,4-5,7,13-14H,6H2,2H3. The molecule has 0 unspecified atom stereocenters. The number of nitrogens with zero attached hydrogens (tertiary/aromatic N) is 1. The monoisotopic (exact) mass is 205 g/mol. The molecular weight excluding hydrogens is 194 g/mol. The van der Waals surface area contributed by atoms with Gasteiger partial charge in [0.1, 0.15) is 0 Å². The smallest absolute Gasteiger partial charge is 0.254 e. The molecule has 0 radical (unpaired) electrons. The Kier molecular flexibility index (Phi) is 3.19. The van der Waals surface area contributed by atoms with Gasteiger partial charge in [-0.1, -0.05) is 5.92 Å². The van der Waals surface area contributed by atoms with E-state index in [4.69, 9.17) is 11.5 Å². The van der Waals surface area contributed by atoms with Gasteiger partial charge in [0.05, 0.1) is 6.54 Å². The van der Waals surface area contributed by atoms with Crippen molar-refractivity contribution in [3.63, 3.8) is 0 Å². The molecule has 1 amide bonds. The molecule has 78 valence electrons. The third-order valence-electron chi connectivity index (χ3n) is 1.90. The summed E-state index contributed by atoms with van der Waals surface area (Å²) in [5.41, 5.74) is 0.281. The fourth-order valence-electron chi connectivity index (χ4n) is 1.09. The summed E-state index contributed by atoms with van der Waals surface area (Å²) >= 11 is 0. The number of carbonyl (C=O) groups is 1. The van der Waals surface area contributed by atoms with Gasteiger partial charge in [-0.3, -0.25) is 4.79 Å². The number of rotatable bonds is 2. The Bertz CT molecular complexity index is 420. The van der Waals surface area contributed by atoms with Gasteiger partial charge in [0.25, 0.3) is 5.91 Å². The highest BCUT2D eigenvalue weighted by molar-refractivity contribution is 5.94. The summed E-state index contributed by atoms with van der Waals surface area (Å²) in [5.74, 6) is 1.45. The van der Waals surface area contributed by atoms with Crippen molar-refractivity contribution in [2.45, 2.75) is 0 Å². The van der Waals surface area contributed by atoms with Crippen LogP contribution in [0.15, 0.2) is 18.2 Å². The van der Waals surface area contributed by atoms with Crippen molar-refractivity contribution in [3.05, 3.63) is 23.8 Å². The molecule has 1 rings (SSSR count). The SMILES string of the molecule is C#CCN(C)C(=O)c1ccc(O)c(O)c1. The number of aromatic hydroxyl groups is 2. The van der Waals surface area contributed by atoms with Gasteiger partial charge in [-0.05, 0) is 18.2 Å². The average Bonchev–Trinajstić information content (AvgIpc) is 2.21. The molecule has 4 nitrogen and oxygen atoms in total. The molecule has 0 saturated heterocycles. The Labute approximate surface area is 87.8 Å². The molecule has 0 atom stereocenters. The Morgan fingerprint density at radius 1 is 1.47 bits per heavy atom. The van der Waals surface area contributed by atoms with Crippen LogP contribution in [-0.2, 0) is 0 Å². The molecule has 4 heteroatoms. The quantitative estimate of drug-likeness (QED) is 0.554. The van der Waals surface area contributed by atoms with E-state index in [1.54, 1.807) is 7.05 Å². The number of benzene rings is 1. The molecule has 0 aliphatic heterocycles. The second-order valence-electron chi connectivity index (χ2n) is 3.07. The van der Waals surface area contributed by atoms with Crippen molar-refractivity contribution in [2.24, 2.45) is 0 Å². The van der Waals surface area contributed by atoms with E-state index in [0.29, 0.717) is 0 Å². The molecule has 1 aromatic rings. The lowest BCUT2D eigenvalue weighted by Gasteiger charge is -2.13. The van der Waals surface area contributed by atoms with Crippen molar-refractivity contribution < 1.29 is 15.0 Å². The summed E-state index contributed by atoms with van der Waals surface area (Å²) in [7, 11) is 1.56. The van der Waals surface area contributed by atoms with E-state index in [0.717, 1.165) is 0 Å². The van der Waals surface area contributed by atoms with Gasteiger partial charge in [0.2, 0.25) is 0 Å². The van der Waals surface area contributed by atoms with Crippen LogP contribution in [0.1, 0.15) is 10.4 Å². The highest BCUT2D eigenvalue weighted by Gasteiger charge is 2.12. The molecule has 0 fully saturated rings. The molecule has 0 spiro atoms. The summed E-state index contributed by atoms with van der Waals surface area (Å²) in [4.78, 5) is 13.0. The average molecular weight is 205 g/mol. The number of phenols is 2. The Morgan fingerprint density at radius 2 is 2.13 bits per heavy atom. The molecule has 0 aromatic heterocycles. The van der Waals surface area contributed by atoms with E-state index >= 15 is 0 Å². The van der Waals surface area contributed by atoms with E-state index in [-0.39, 0.29) is 29.5 Å². The molecule has 0 bridgehead atoms. The van der Waals surface area contributed by atoms with Gasteiger partial charge >= 0.3 is 0 Å². The first kappa shape index (κ1) is 10.9. The zero-order valence-electron chi connectivity index (χ0n) is 8.27. The summed E-state index contributed by atoms with van der Waals surface area (Å²) in [6.45, 7) is 0.195. The largest absolute Gasteiger partial charge is 0.504 e. The summed E-state index contributed by atoms with van der Waals surface area (Å²) in [6.07, 6.45) is 5.07. The minimum Gasteiger partial charge on any atom is -0.504 e. The zero-order valence-corrected chi connectivity index (χ0v) is 8.27. The molecule has 15 heavy (non-hydrogen) atoms. The molecule has 0 saturated carbocycles. The van der Waals surface area contributed by atoms with Crippen molar-refractivity contribution in [3.8, 4) is 23.8 Å². The molecule has 0 heterocycles. The van der Waals surface area contributed by atoms with Gasteiger partial charge in [-0.25, -0.2) is 0 Å². The third-order valence-corrected chi connectivity index (χ3v) is 1.90. The van der Waals surface area contributed by atoms with Crippen LogP contribution in [0.5, 0.6) is 11.5 Å². The van der Waals surface area contributed by atoms with E-state index < -0.39 is 0 Å². The van der Waals surface area contributed by atoms with Gasteiger partial charge in [0.15, 0.2) is 11.5 Å². The van der Waals surface area contributed by atoms with E-state index in [9.17, 15) is 9.90 Å². The summed E-state index contributed by atoms with van der Waals surface area (Å²) < 4.78 is 0. The highest BCUT2D eigenvalue weighted by Crippen LogP contribution is 2.25. The lowest BCUT2D eigenvalue weighted by atomic mass is 10.2. The Hall–Kier alpha value is -2.15. The van der Waals surface area contributed by atoms with Crippen molar-refractivity contribution in [1.82, 2.24) is 4.90 Å². The Balaban J connectivity index is 2.93. The van der Waals surface area contributed by atoms with Gasteiger partial charge in [0, 0.05) is 12.6 Å². The Morgan fingerprint density at radius 3 is 2.67 bits per heavy atom. The number of hydrogen-bond acceptors (Lipinski definition) is 3. The summed E-state index contributed by atoms with van der Waals surface area (Å²) in [6, 6.07) is 3.88. The van der Waals surface area contributed by atoms with Gasteiger partial charge in [-0.2, -0.15) is 0 Å². The molecular formula is C11H11NO3. The number of amides is 1. The summed E-state index contributed by atoms with van der Waals surface area (Å²) in [5, 5.41) is 18.3. The first-order valence-electron chi connectivity index (χ1n) is 4.27. The predicted octanol–water partition coefficient (Wildman–Crippen LogP) is 0.803. The minimum atomic E-state index is -0.324. The van der Waals surface area contributed by atoms with E-state index in [1.807, 2.05) is 0 Å². The fraction of sp³-hybridized carbons (Fsp3) is 0.182. The number of terminal acetylenes is 1. The van der Waals surface area contributed by atoms with Crippen LogP contribution in [0.3, 0.4) is 0 Å². The normalized spacial score (nSPS) is 9.33. The lowest BCUT2D eigenvalue weighted by molar-refractivity contribution is 0.0812. The van der Waals surface area contributed by atoms with Crippen LogP contribution in [0.2, 0.25) is 0 Å². The highest BCUT2D eigenvalue weighted by atomic mass is 16.3. The maximum atomic E-state index is 11.6. The van der Waals surface area contributed by atoms with Crippen LogP contribution in [0.4, 0.5) is 0 Å². The van der Waals surface area contributed by atoms with Crippen LogP contribution >= 0.6 is 0 Å². The molecule has 0 aliphatic rings. The second kappa shape index (κ2) is 4.38. The van der Waals surface area contributed by atoms with E-state index in [2.05, 4.69) is 5.92 Å². The van der Waals surface area contributed by atoms with Crippen molar-refractivity contribution in [2.75, 3.05) is 13.6 Å². The predicted molar refractivity (Wildman–Crippen MR) is 55.6 cm³/mol. The van der Waals surface area contributed by atoms with E-state index in [1.165, 1.54) is 23.1 Å². The van der Waals surface area contributed by atoms with Crippen LogP contribution in [-0.4, -0.2) is 34.6 Å². The van der Waals surface area contributed by atoms with Crippen LogP contribution in [0.25, 0.3) is 0 Å². The minimum absolute atomic E-state index is 0.195.